The van der Waals surface area contributed by atoms with Crippen LogP contribution in [0.5, 0.6) is 0 Å². The van der Waals surface area contributed by atoms with Crippen molar-refractivity contribution in [2.24, 2.45) is 0 Å². The molecule has 0 saturated carbocycles. The Morgan fingerprint density at radius 1 is 0.700 bits per heavy atom. The fourth-order valence-electron chi connectivity index (χ4n) is 3.86. The maximum Gasteiger partial charge on any atom is 0.253 e. The molecule has 148 valence electrons. The summed E-state index contributed by atoms with van der Waals surface area (Å²) in [7, 11) is 0. The van der Waals surface area contributed by atoms with E-state index in [2.05, 4.69) is 22.0 Å². The Morgan fingerprint density at radius 2 is 1.33 bits per heavy atom. The number of piperazine rings is 1. The highest BCUT2D eigenvalue weighted by Crippen LogP contribution is 2.21. The van der Waals surface area contributed by atoms with E-state index in [0.717, 1.165) is 46.6 Å². The van der Waals surface area contributed by atoms with E-state index >= 15 is 0 Å². The van der Waals surface area contributed by atoms with Gasteiger partial charge >= 0.3 is 0 Å². The van der Waals surface area contributed by atoms with E-state index in [4.69, 9.17) is 4.98 Å². The molecule has 1 aliphatic heterocycles. The van der Waals surface area contributed by atoms with Crippen molar-refractivity contribution in [1.29, 1.82) is 0 Å². The molecule has 0 unspecified atom stereocenters. The van der Waals surface area contributed by atoms with E-state index in [1.54, 1.807) is 0 Å². The van der Waals surface area contributed by atoms with Crippen LogP contribution in [0.25, 0.3) is 22.2 Å². The molecule has 30 heavy (non-hydrogen) atoms. The second-order valence-electron chi connectivity index (χ2n) is 7.44. The molecule has 0 spiro atoms. The van der Waals surface area contributed by atoms with Gasteiger partial charge in [0.05, 0.1) is 17.2 Å². The minimum Gasteiger partial charge on any atom is -0.352 e. The van der Waals surface area contributed by atoms with Gasteiger partial charge in [-0.25, -0.2) is 4.98 Å². The van der Waals surface area contributed by atoms with Crippen LogP contribution in [-0.2, 0) is 0 Å². The summed E-state index contributed by atoms with van der Waals surface area (Å²) in [5.41, 5.74) is 4.79. The van der Waals surface area contributed by atoms with Crippen molar-refractivity contribution in [3.8, 4) is 11.1 Å². The Morgan fingerprint density at radius 3 is 2.07 bits per heavy atom. The molecule has 0 aliphatic carbocycles. The molecule has 4 aromatic rings. The molecule has 2 heterocycles. The van der Waals surface area contributed by atoms with Gasteiger partial charge in [0.25, 0.3) is 5.91 Å². The SMILES string of the molecule is O=C(c1ccc(-c2ccccc2)cc1)N1CCN(c2cnc3ccccc3n2)CC1. The molecular weight excluding hydrogens is 372 g/mol. The van der Waals surface area contributed by atoms with E-state index < -0.39 is 0 Å². The molecule has 0 N–H and O–H groups in total. The number of benzene rings is 3. The van der Waals surface area contributed by atoms with Crippen LogP contribution in [0.2, 0.25) is 0 Å². The van der Waals surface area contributed by atoms with Crippen molar-refractivity contribution >= 4 is 22.8 Å². The highest BCUT2D eigenvalue weighted by molar-refractivity contribution is 5.95. The highest BCUT2D eigenvalue weighted by Gasteiger charge is 2.23. The number of rotatable bonds is 3. The summed E-state index contributed by atoms with van der Waals surface area (Å²) in [6.07, 6.45) is 1.82. The molecular formula is C25H22N4O. The fourth-order valence-corrected chi connectivity index (χ4v) is 3.86. The van der Waals surface area contributed by atoms with Crippen molar-refractivity contribution in [3.05, 3.63) is 90.6 Å². The summed E-state index contributed by atoms with van der Waals surface area (Å²) < 4.78 is 0. The van der Waals surface area contributed by atoms with Crippen molar-refractivity contribution in [2.45, 2.75) is 0 Å². The largest absolute Gasteiger partial charge is 0.352 e. The first kappa shape index (κ1) is 18.3. The van der Waals surface area contributed by atoms with Crippen LogP contribution >= 0.6 is 0 Å². The van der Waals surface area contributed by atoms with E-state index in [1.165, 1.54) is 0 Å². The molecule has 0 atom stereocenters. The number of aromatic nitrogens is 2. The standard InChI is InChI=1S/C25H22N4O/c30-25(21-12-10-20(11-13-21)19-6-2-1-3-7-19)29-16-14-28(15-17-29)24-18-26-22-8-4-5-9-23(22)27-24/h1-13,18H,14-17H2. The van der Waals surface area contributed by atoms with Crippen LogP contribution in [0.1, 0.15) is 10.4 Å². The molecule has 0 radical (unpaired) electrons. The summed E-state index contributed by atoms with van der Waals surface area (Å²) in [4.78, 5) is 26.3. The normalized spacial score (nSPS) is 14.1. The van der Waals surface area contributed by atoms with Gasteiger partial charge in [0, 0.05) is 31.7 Å². The smallest absolute Gasteiger partial charge is 0.253 e. The van der Waals surface area contributed by atoms with Crippen LogP contribution in [-0.4, -0.2) is 47.0 Å². The van der Waals surface area contributed by atoms with Gasteiger partial charge in [-0.3, -0.25) is 9.78 Å². The van der Waals surface area contributed by atoms with Gasteiger partial charge in [-0.2, -0.15) is 0 Å². The Labute approximate surface area is 175 Å². The third kappa shape index (κ3) is 3.62. The zero-order chi connectivity index (χ0) is 20.3. The van der Waals surface area contributed by atoms with Crippen LogP contribution < -0.4 is 4.90 Å². The van der Waals surface area contributed by atoms with Crippen LogP contribution in [0, 0.1) is 0 Å². The van der Waals surface area contributed by atoms with Gasteiger partial charge in [0.2, 0.25) is 0 Å². The van der Waals surface area contributed by atoms with Gasteiger partial charge in [-0.05, 0) is 35.4 Å². The van der Waals surface area contributed by atoms with Crippen molar-refractivity contribution < 1.29 is 4.79 Å². The average molecular weight is 394 g/mol. The summed E-state index contributed by atoms with van der Waals surface area (Å²) in [6, 6.07) is 26.0. The number of para-hydroxylation sites is 2. The molecule has 1 saturated heterocycles. The first-order chi connectivity index (χ1) is 14.8. The Hall–Kier alpha value is -3.73. The number of hydrogen-bond acceptors (Lipinski definition) is 4. The molecule has 3 aromatic carbocycles. The number of anilines is 1. The molecule has 1 aromatic heterocycles. The van der Waals surface area contributed by atoms with Gasteiger partial charge in [0.1, 0.15) is 5.82 Å². The molecule has 5 rings (SSSR count). The monoisotopic (exact) mass is 394 g/mol. The maximum absolute atomic E-state index is 12.9. The predicted molar refractivity (Wildman–Crippen MR) is 120 cm³/mol. The lowest BCUT2D eigenvalue weighted by Crippen LogP contribution is -2.49. The Balaban J connectivity index is 1.25. The number of nitrogens with zero attached hydrogens (tertiary/aromatic N) is 4. The molecule has 5 heteroatoms. The maximum atomic E-state index is 12.9. The van der Waals surface area contributed by atoms with Gasteiger partial charge in [-0.15, -0.1) is 0 Å². The predicted octanol–water partition coefficient (Wildman–Crippen LogP) is 4.26. The topological polar surface area (TPSA) is 49.3 Å². The molecule has 1 fully saturated rings. The number of carbonyl (C=O) groups excluding carboxylic acids is 1. The first-order valence-electron chi connectivity index (χ1n) is 10.2. The van der Waals surface area contributed by atoms with Crippen LogP contribution in [0.3, 0.4) is 0 Å². The van der Waals surface area contributed by atoms with Crippen LogP contribution in [0.4, 0.5) is 5.82 Å². The lowest BCUT2D eigenvalue weighted by Gasteiger charge is -2.35. The van der Waals surface area contributed by atoms with E-state index in [-0.39, 0.29) is 5.91 Å². The number of hydrogen-bond donors (Lipinski definition) is 0. The van der Waals surface area contributed by atoms with Crippen molar-refractivity contribution in [2.75, 3.05) is 31.1 Å². The number of amides is 1. The molecule has 1 aliphatic rings. The summed E-state index contributed by atoms with van der Waals surface area (Å²) in [5, 5.41) is 0. The lowest BCUT2D eigenvalue weighted by molar-refractivity contribution is 0.0746. The molecule has 1 amide bonds. The van der Waals surface area contributed by atoms with E-state index in [0.29, 0.717) is 13.1 Å². The average Bonchev–Trinajstić information content (AvgIpc) is 2.84. The highest BCUT2D eigenvalue weighted by atomic mass is 16.2. The van der Waals surface area contributed by atoms with E-state index in [1.807, 2.05) is 77.8 Å². The zero-order valence-electron chi connectivity index (χ0n) is 16.6. The first-order valence-corrected chi connectivity index (χ1v) is 10.2. The van der Waals surface area contributed by atoms with Crippen molar-refractivity contribution in [3.63, 3.8) is 0 Å². The summed E-state index contributed by atoms with van der Waals surface area (Å²) in [6.45, 7) is 2.85. The number of carbonyl (C=O) groups is 1. The van der Waals surface area contributed by atoms with Crippen molar-refractivity contribution in [1.82, 2.24) is 14.9 Å². The van der Waals surface area contributed by atoms with Gasteiger partial charge in [0.15, 0.2) is 0 Å². The third-order valence-corrected chi connectivity index (χ3v) is 5.57. The zero-order valence-corrected chi connectivity index (χ0v) is 16.6. The lowest BCUT2D eigenvalue weighted by atomic mass is 10.0. The fraction of sp³-hybridized carbons (Fsp3) is 0.160. The second-order valence-corrected chi connectivity index (χ2v) is 7.44. The Bertz CT molecular complexity index is 1170. The molecule has 0 bridgehead atoms. The third-order valence-electron chi connectivity index (χ3n) is 5.57. The quantitative estimate of drug-likeness (QED) is 0.521. The summed E-state index contributed by atoms with van der Waals surface area (Å²) >= 11 is 0. The minimum absolute atomic E-state index is 0.0823. The number of fused-ring (bicyclic) bond motifs is 1. The second kappa shape index (κ2) is 7.95. The van der Waals surface area contributed by atoms with E-state index in [9.17, 15) is 4.79 Å². The Kier molecular flexibility index (Phi) is 4.85. The minimum atomic E-state index is 0.0823. The van der Waals surface area contributed by atoms with Crippen LogP contribution in [0.15, 0.2) is 85.1 Å². The van der Waals surface area contributed by atoms with Gasteiger partial charge < -0.3 is 9.80 Å². The summed E-state index contributed by atoms with van der Waals surface area (Å²) in [5.74, 6) is 0.951. The molecule has 5 nitrogen and oxygen atoms in total. The van der Waals surface area contributed by atoms with Gasteiger partial charge in [-0.1, -0.05) is 54.6 Å².